The molecule has 3 amide bonds. The maximum Gasteiger partial charge on any atom is 0.326 e. The third-order valence-corrected chi connectivity index (χ3v) is 5.55. The van der Waals surface area contributed by atoms with Gasteiger partial charge in [-0.05, 0) is 49.4 Å². The number of aliphatic carboxylic acids is 2. The summed E-state index contributed by atoms with van der Waals surface area (Å²) in [7, 11) is 0. The summed E-state index contributed by atoms with van der Waals surface area (Å²) in [6.45, 7) is 3.61. The smallest absolute Gasteiger partial charge is 0.326 e. The minimum atomic E-state index is -1.42. The molecule has 0 fully saturated rings. The average Bonchev–Trinajstić information content (AvgIpc) is 2.81. The number of rotatable bonds is 16. The zero-order valence-corrected chi connectivity index (χ0v) is 21.0. The van der Waals surface area contributed by atoms with E-state index < -0.39 is 66.2 Å². The third-order valence-electron chi connectivity index (χ3n) is 5.55. The number of hydrogen-bond donors (Lipinski definition) is 8. The van der Waals surface area contributed by atoms with Crippen molar-refractivity contribution < 1.29 is 39.3 Å². The van der Waals surface area contributed by atoms with Crippen molar-refractivity contribution in [2.24, 2.45) is 17.4 Å². The van der Waals surface area contributed by atoms with Gasteiger partial charge in [0.2, 0.25) is 17.7 Å². The Kier molecular flexibility index (Phi) is 13.0. The first-order chi connectivity index (χ1) is 17.3. The van der Waals surface area contributed by atoms with E-state index in [-0.39, 0.29) is 18.6 Å². The molecule has 0 radical (unpaired) electrons. The topological polar surface area (TPSA) is 234 Å². The lowest BCUT2D eigenvalue weighted by molar-refractivity contribution is -0.143. The molecule has 4 atom stereocenters. The van der Waals surface area contributed by atoms with Gasteiger partial charge in [0.05, 0.1) is 12.5 Å². The Morgan fingerprint density at radius 1 is 0.865 bits per heavy atom. The number of nitrogens with one attached hydrogen (secondary N) is 3. The van der Waals surface area contributed by atoms with Crippen molar-refractivity contribution in [3.8, 4) is 5.75 Å². The number of nitrogens with two attached hydrogens (primary N) is 2. The number of unbranched alkanes of at least 4 members (excludes halogenated alkanes) is 1. The number of carboxylic acid groups (broad SMARTS) is 2. The van der Waals surface area contributed by atoms with Gasteiger partial charge in [0, 0.05) is 6.42 Å². The summed E-state index contributed by atoms with van der Waals surface area (Å²) in [6, 6.07) is 0.886. The Labute approximate surface area is 215 Å². The second-order valence-corrected chi connectivity index (χ2v) is 9.05. The molecule has 0 saturated heterocycles. The molecule has 37 heavy (non-hydrogen) atoms. The summed E-state index contributed by atoms with van der Waals surface area (Å²) in [6.07, 6.45) is 0.474. The molecule has 0 bridgehead atoms. The van der Waals surface area contributed by atoms with Gasteiger partial charge >= 0.3 is 11.9 Å². The van der Waals surface area contributed by atoms with Crippen LogP contribution in [0.3, 0.4) is 0 Å². The molecule has 1 aromatic rings. The molecule has 0 unspecified atom stereocenters. The van der Waals surface area contributed by atoms with Gasteiger partial charge in [0.25, 0.3) is 0 Å². The molecule has 1 aromatic carbocycles. The normalized spacial score (nSPS) is 14.2. The van der Waals surface area contributed by atoms with Crippen LogP contribution in [0.25, 0.3) is 0 Å². The zero-order valence-electron chi connectivity index (χ0n) is 21.0. The first-order valence-corrected chi connectivity index (χ1v) is 11.9. The van der Waals surface area contributed by atoms with Gasteiger partial charge in [-0.3, -0.25) is 19.2 Å². The zero-order chi connectivity index (χ0) is 28.1. The first-order valence-electron chi connectivity index (χ1n) is 11.9. The third kappa shape index (κ3) is 11.3. The molecule has 0 aliphatic rings. The van der Waals surface area contributed by atoms with E-state index in [4.69, 9.17) is 16.6 Å². The highest BCUT2D eigenvalue weighted by molar-refractivity contribution is 5.94. The molecular formula is C24H37N5O8. The fraction of sp³-hybridized carbons (Fsp3) is 0.542. The van der Waals surface area contributed by atoms with Gasteiger partial charge < -0.3 is 42.7 Å². The highest BCUT2D eigenvalue weighted by Crippen LogP contribution is 2.12. The molecule has 0 aromatic heterocycles. The monoisotopic (exact) mass is 523 g/mol. The second-order valence-electron chi connectivity index (χ2n) is 9.05. The number of carboxylic acids is 2. The van der Waals surface area contributed by atoms with E-state index in [0.717, 1.165) is 0 Å². The molecule has 0 aliphatic carbocycles. The lowest BCUT2D eigenvalue weighted by Crippen LogP contribution is -2.58. The van der Waals surface area contributed by atoms with Crippen molar-refractivity contribution in [3.63, 3.8) is 0 Å². The van der Waals surface area contributed by atoms with E-state index in [2.05, 4.69) is 16.0 Å². The van der Waals surface area contributed by atoms with Gasteiger partial charge in [-0.15, -0.1) is 0 Å². The van der Waals surface area contributed by atoms with Crippen molar-refractivity contribution in [1.29, 1.82) is 0 Å². The summed E-state index contributed by atoms with van der Waals surface area (Å²) in [5.41, 5.74) is 11.7. The minimum Gasteiger partial charge on any atom is -0.508 e. The van der Waals surface area contributed by atoms with E-state index in [9.17, 15) is 34.2 Å². The number of carbonyl (C=O) groups excluding carboxylic acids is 3. The van der Waals surface area contributed by atoms with Gasteiger partial charge in [0.15, 0.2) is 0 Å². The van der Waals surface area contributed by atoms with Gasteiger partial charge in [-0.1, -0.05) is 26.0 Å². The molecule has 206 valence electrons. The highest BCUT2D eigenvalue weighted by Gasteiger charge is 2.31. The molecule has 10 N–H and O–H groups in total. The summed E-state index contributed by atoms with van der Waals surface area (Å²) < 4.78 is 0. The number of hydrogen-bond acceptors (Lipinski definition) is 8. The SMILES string of the molecule is CC(C)[C@H](NC(=O)[C@H](CCCCN)NC(=O)[C@H](Cc1ccc(O)cc1)NC(=O)[C@@H](N)CC(=O)O)C(=O)O. The quantitative estimate of drug-likeness (QED) is 0.124. The van der Waals surface area contributed by atoms with E-state index in [0.29, 0.717) is 24.9 Å². The maximum atomic E-state index is 13.2. The maximum absolute atomic E-state index is 13.2. The van der Waals surface area contributed by atoms with Crippen LogP contribution in [0.2, 0.25) is 0 Å². The van der Waals surface area contributed by atoms with Crippen molar-refractivity contribution in [3.05, 3.63) is 29.8 Å². The first kappa shape index (κ1) is 31.3. The number of phenolic OH excluding ortho intramolecular Hbond substituents is 1. The van der Waals surface area contributed by atoms with Crippen molar-refractivity contribution in [1.82, 2.24) is 16.0 Å². The van der Waals surface area contributed by atoms with Crippen LogP contribution in [0.5, 0.6) is 5.75 Å². The number of aromatic hydroxyl groups is 1. The Morgan fingerprint density at radius 2 is 1.43 bits per heavy atom. The molecule has 0 aliphatic heterocycles. The molecule has 0 spiro atoms. The summed E-state index contributed by atoms with van der Waals surface area (Å²) in [5.74, 6) is -5.28. The van der Waals surface area contributed by atoms with Crippen LogP contribution in [0, 0.1) is 5.92 Å². The van der Waals surface area contributed by atoms with Gasteiger partial charge in [-0.2, -0.15) is 0 Å². The van der Waals surface area contributed by atoms with Crippen LogP contribution < -0.4 is 27.4 Å². The molecule has 1 rings (SSSR count). The molecule has 0 heterocycles. The Morgan fingerprint density at radius 3 is 1.95 bits per heavy atom. The van der Waals surface area contributed by atoms with Crippen LogP contribution in [0.1, 0.15) is 45.1 Å². The van der Waals surface area contributed by atoms with Crippen LogP contribution in [-0.2, 0) is 30.4 Å². The summed E-state index contributed by atoms with van der Waals surface area (Å²) in [5, 5.41) is 35.3. The highest BCUT2D eigenvalue weighted by atomic mass is 16.4. The van der Waals surface area contributed by atoms with Gasteiger partial charge in [-0.25, -0.2) is 4.79 Å². The predicted octanol–water partition coefficient (Wildman–Crippen LogP) is -0.939. The fourth-order valence-electron chi connectivity index (χ4n) is 3.44. The lowest BCUT2D eigenvalue weighted by atomic mass is 10.0. The minimum absolute atomic E-state index is 0.00737. The van der Waals surface area contributed by atoms with E-state index in [1.54, 1.807) is 13.8 Å². The largest absolute Gasteiger partial charge is 0.508 e. The molecule has 13 heteroatoms. The average molecular weight is 524 g/mol. The number of amides is 3. The summed E-state index contributed by atoms with van der Waals surface area (Å²) >= 11 is 0. The van der Waals surface area contributed by atoms with Crippen molar-refractivity contribution in [2.45, 2.75) is 70.1 Å². The Hall–Kier alpha value is -3.71. The lowest BCUT2D eigenvalue weighted by Gasteiger charge is -2.26. The predicted molar refractivity (Wildman–Crippen MR) is 133 cm³/mol. The van der Waals surface area contributed by atoms with Crippen molar-refractivity contribution >= 4 is 29.7 Å². The Bertz CT molecular complexity index is 938. The standard InChI is InChI=1S/C24H37N5O8/c1-13(2)20(24(36)37)29-22(34)17(5-3-4-10-25)27-23(35)18(11-14-6-8-15(30)9-7-14)28-21(33)16(26)12-19(31)32/h6-9,13,16-18,20,30H,3-5,10-12,25-26H2,1-2H3,(H,27,35)(H,28,33)(H,29,34)(H,31,32)(H,36,37)/t16-,17-,18-,20-/m0/s1. The van der Waals surface area contributed by atoms with Gasteiger partial charge in [0.1, 0.15) is 23.9 Å². The molecule has 0 saturated carbocycles. The second kappa shape index (κ2) is 15.4. The van der Waals surface area contributed by atoms with Crippen LogP contribution in [0.15, 0.2) is 24.3 Å². The number of carbonyl (C=O) groups is 5. The van der Waals surface area contributed by atoms with Crippen LogP contribution >= 0.6 is 0 Å². The van der Waals surface area contributed by atoms with Crippen LogP contribution in [-0.4, -0.2) is 75.7 Å². The number of benzene rings is 1. The Balaban J connectivity index is 3.15. The summed E-state index contributed by atoms with van der Waals surface area (Å²) in [4.78, 5) is 61.1. The van der Waals surface area contributed by atoms with E-state index in [1.807, 2.05) is 0 Å². The molecule has 13 nitrogen and oxygen atoms in total. The molecular weight excluding hydrogens is 486 g/mol. The van der Waals surface area contributed by atoms with E-state index in [1.165, 1.54) is 24.3 Å². The van der Waals surface area contributed by atoms with E-state index >= 15 is 0 Å². The fourth-order valence-corrected chi connectivity index (χ4v) is 3.44. The number of phenols is 1. The van der Waals surface area contributed by atoms with Crippen LogP contribution in [0.4, 0.5) is 0 Å². The van der Waals surface area contributed by atoms with Crippen molar-refractivity contribution in [2.75, 3.05) is 6.54 Å².